The molecule has 0 saturated carbocycles. The van der Waals surface area contributed by atoms with Crippen LogP contribution >= 0.6 is 11.6 Å². The second kappa shape index (κ2) is 8.07. The summed E-state index contributed by atoms with van der Waals surface area (Å²) in [6.07, 6.45) is 1.62. The summed E-state index contributed by atoms with van der Waals surface area (Å²) in [5.41, 5.74) is 3.46. The summed E-state index contributed by atoms with van der Waals surface area (Å²) in [5.74, 6) is 0.647. The SMILES string of the molecule is CCc1cc(O)c(-n2nc(CC)c3c(=O)[nH]c(Cc4ccc(O)c(C)c4)nc32)c(Cl)c1. The number of aryl methyl sites for hydroxylation is 3. The minimum absolute atomic E-state index is 0.0193. The lowest BCUT2D eigenvalue weighted by Gasteiger charge is -2.10. The maximum atomic E-state index is 12.9. The van der Waals surface area contributed by atoms with E-state index in [2.05, 4.69) is 15.1 Å². The van der Waals surface area contributed by atoms with Crippen LogP contribution in [0.1, 0.15) is 42.1 Å². The number of H-pyrrole nitrogens is 1. The highest BCUT2D eigenvalue weighted by Crippen LogP contribution is 2.33. The molecule has 4 aromatic rings. The quantitative estimate of drug-likeness (QED) is 0.433. The summed E-state index contributed by atoms with van der Waals surface area (Å²) < 4.78 is 1.45. The number of fused-ring (bicyclic) bond motifs is 1. The lowest BCUT2D eigenvalue weighted by atomic mass is 10.1. The van der Waals surface area contributed by atoms with Crippen molar-refractivity contribution >= 4 is 22.6 Å². The normalized spacial score (nSPS) is 11.4. The fourth-order valence-electron chi connectivity index (χ4n) is 3.70. The predicted molar refractivity (Wildman–Crippen MR) is 121 cm³/mol. The Morgan fingerprint density at radius 2 is 1.84 bits per heavy atom. The molecule has 31 heavy (non-hydrogen) atoms. The molecule has 0 fully saturated rings. The van der Waals surface area contributed by atoms with Crippen LogP contribution in [0.3, 0.4) is 0 Å². The molecule has 0 unspecified atom stereocenters. The van der Waals surface area contributed by atoms with Crippen molar-refractivity contribution in [2.45, 2.75) is 40.0 Å². The van der Waals surface area contributed by atoms with Crippen LogP contribution in [0.5, 0.6) is 11.5 Å². The fraction of sp³-hybridized carbons (Fsp3) is 0.261. The molecule has 0 aliphatic carbocycles. The second-order valence-corrected chi connectivity index (χ2v) is 7.93. The molecule has 0 atom stereocenters. The van der Waals surface area contributed by atoms with Gasteiger partial charge in [-0.15, -0.1) is 0 Å². The largest absolute Gasteiger partial charge is 0.508 e. The van der Waals surface area contributed by atoms with Crippen LogP contribution in [0.15, 0.2) is 35.1 Å². The summed E-state index contributed by atoms with van der Waals surface area (Å²) in [4.78, 5) is 20.4. The van der Waals surface area contributed by atoms with Crippen molar-refractivity contribution in [3.05, 3.63) is 73.9 Å². The Morgan fingerprint density at radius 3 is 2.48 bits per heavy atom. The summed E-state index contributed by atoms with van der Waals surface area (Å²) in [5, 5.41) is 25.7. The van der Waals surface area contributed by atoms with E-state index < -0.39 is 0 Å². The second-order valence-electron chi connectivity index (χ2n) is 7.52. The Hall–Kier alpha value is -3.32. The first-order chi connectivity index (χ1) is 14.8. The molecule has 2 aromatic carbocycles. The summed E-state index contributed by atoms with van der Waals surface area (Å²) in [7, 11) is 0. The van der Waals surface area contributed by atoms with Gasteiger partial charge in [-0.25, -0.2) is 9.67 Å². The van der Waals surface area contributed by atoms with Gasteiger partial charge < -0.3 is 15.2 Å². The molecule has 0 aliphatic rings. The first-order valence-electron chi connectivity index (χ1n) is 10.1. The summed E-state index contributed by atoms with van der Waals surface area (Å²) in [6.45, 7) is 5.69. The van der Waals surface area contributed by atoms with Crippen LogP contribution in [0.25, 0.3) is 16.7 Å². The summed E-state index contributed by atoms with van der Waals surface area (Å²) >= 11 is 6.48. The van der Waals surface area contributed by atoms with E-state index in [0.717, 1.165) is 23.1 Å². The molecule has 0 bridgehead atoms. The lowest BCUT2D eigenvalue weighted by Crippen LogP contribution is -2.13. The van der Waals surface area contributed by atoms with E-state index in [1.54, 1.807) is 24.3 Å². The standard InChI is InChI=1S/C23H23ClN4O3/c1-4-13-9-15(24)21(18(30)10-13)28-22-20(16(5-2)27-28)23(31)26-19(25-22)11-14-6-7-17(29)12(3)8-14/h6-10,29-30H,4-5,11H2,1-3H3,(H,25,26,31). The molecule has 2 aromatic heterocycles. The number of aromatic nitrogens is 4. The topological polar surface area (TPSA) is 104 Å². The number of phenolic OH excluding ortho intramolecular Hbond substituents is 2. The Morgan fingerprint density at radius 1 is 1.06 bits per heavy atom. The van der Waals surface area contributed by atoms with Gasteiger partial charge in [0.15, 0.2) is 5.65 Å². The number of hydrogen-bond acceptors (Lipinski definition) is 5. The van der Waals surface area contributed by atoms with Gasteiger partial charge in [-0.2, -0.15) is 5.10 Å². The van der Waals surface area contributed by atoms with Gasteiger partial charge in [-0.05, 0) is 54.7 Å². The monoisotopic (exact) mass is 438 g/mol. The number of nitrogens with zero attached hydrogens (tertiary/aromatic N) is 3. The third kappa shape index (κ3) is 3.77. The Balaban J connectivity index is 1.91. The molecule has 3 N–H and O–H groups in total. The van der Waals surface area contributed by atoms with E-state index in [9.17, 15) is 15.0 Å². The molecular weight excluding hydrogens is 416 g/mol. The highest BCUT2D eigenvalue weighted by Gasteiger charge is 2.21. The minimum Gasteiger partial charge on any atom is -0.508 e. The molecule has 0 spiro atoms. The van der Waals surface area contributed by atoms with Crippen LogP contribution in [0.2, 0.25) is 5.02 Å². The van der Waals surface area contributed by atoms with Crippen molar-refractivity contribution in [3.63, 3.8) is 0 Å². The van der Waals surface area contributed by atoms with Crippen LogP contribution in [-0.4, -0.2) is 30.0 Å². The van der Waals surface area contributed by atoms with Gasteiger partial charge in [-0.1, -0.05) is 37.6 Å². The highest BCUT2D eigenvalue weighted by atomic mass is 35.5. The van der Waals surface area contributed by atoms with Crippen molar-refractivity contribution in [3.8, 4) is 17.2 Å². The van der Waals surface area contributed by atoms with E-state index in [-0.39, 0.29) is 17.1 Å². The van der Waals surface area contributed by atoms with Crippen LogP contribution in [0.4, 0.5) is 0 Å². The molecule has 0 amide bonds. The first kappa shape index (κ1) is 20.9. The van der Waals surface area contributed by atoms with E-state index in [4.69, 9.17) is 11.6 Å². The molecule has 0 saturated heterocycles. The van der Waals surface area contributed by atoms with E-state index >= 15 is 0 Å². The number of benzene rings is 2. The molecule has 8 heteroatoms. The number of halogens is 1. The minimum atomic E-state index is -0.292. The average Bonchev–Trinajstić information content (AvgIpc) is 3.09. The number of phenols is 2. The average molecular weight is 439 g/mol. The highest BCUT2D eigenvalue weighted by molar-refractivity contribution is 6.32. The van der Waals surface area contributed by atoms with Crippen molar-refractivity contribution in [1.29, 1.82) is 0 Å². The fourth-order valence-corrected chi connectivity index (χ4v) is 4.02. The zero-order valence-corrected chi connectivity index (χ0v) is 18.3. The summed E-state index contributed by atoms with van der Waals surface area (Å²) in [6, 6.07) is 8.68. The number of aromatic amines is 1. The number of hydrogen-bond donors (Lipinski definition) is 3. The molecular formula is C23H23ClN4O3. The maximum absolute atomic E-state index is 12.9. The maximum Gasteiger partial charge on any atom is 0.262 e. The Kier molecular flexibility index (Phi) is 5.45. The van der Waals surface area contributed by atoms with E-state index in [1.165, 1.54) is 4.68 Å². The van der Waals surface area contributed by atoms with Crippen molar-refractivity contribution < 1.29 is 10.2 Å². The molecule has 7 nitrogen and oxygen atoms in total. The molecule has 160 valence electrons. The zero-order chi connectivity index (χ0) is 22.3. The van der Waals surface area contributed by atoms with Crippen molar-refractivity contribution in [2.24, 2.45) is 0 Å². The smallest absolute Gasteiger partial charge is 0.262 e. The van der Waals surface area contributed by atoms with Gasteiger partial charge >= 0.3 is 0 Å². The Bertz CT molecular complexity index is 1330. The van der Waals surface area contributed by atoms with Crippen LogP contribution < -0.4 is 5.56 Å². The van der Waals surface area contributed by atoms with Gasteiger partial charge in [0, 0.05) is 6.42 Å². The lowest BCUT2D eigenvalue weighted by molar-refractivity contribution is 0.470. The van der Waals surface area contributed by atoms with Crippen LogP contribution in [-0.2, 0) is 19.3 Å². The van der Waals surface area contributed by atoms with Gasteiger partial charge in [-0.3, -0.25) is 4.79 Å². The predicted octanol–water partition coefficient (Wildman–Crippen LogP) is 4.20. The van der Waals surface area contributed by atoms with Gasteiger partial charge in [0.25, 0.3) is 5.56 Å². The zero-order valence-electron chi connectivity index (χ0n) is 17.5. The number of nitrogens with one attached hydrogen (secondary N) is 1. The van der Waals surface area contributed by atoms with Gasteiger partial charge in [0.1, 0.15) is 28.4 Å². The number of aromatic hydroxyl groups is 2. The molecule has 2 heterocycles. The third-order valence-electron chi connectivity index (χ3n) is 5.35. The van der Waals surface area contributed by atoms with Crippen molar-refractivity contribution in [2.75, 3.05) is 0 Å². The first-order valence-corrected chi connectivity index (χ1v) is 10.5. The van der Waals surface area contributed by atoms with Gasteiger partial charge in [0.2, 0.25) is 0 Å². The van der Waals surface area contributed by atoms with E-state index in [1.807, 2.05) is 26.8 Å². The molecule has 0 radical (unpaired) electrons. The van der Waals surface area contributed by atoms with E-state index in [0.29, 0.717) is 46.1 Å². The molecule has 0 aliphatic heterocycles. The Labute approximate surface area is 184 Å². The van der Waals surface area contributed by atoms with Crippen molar-refractivity contribution in [1.82, 2.24) is 19.7 Å². The number of rotatable bonds is 5. The van der Waals surface area contributed by atoms with Crippen LogP contribution in [0, 0.1) is 6.92 Å². The molecule has 4 rings (SSSR count). The third-order valence-corrected chi connectivity index (χ3v) is 5.64. The van der Waals surface area contributed by atoms with Gasteiger partial charge in [0.05, 0.1) is 10.7 Å².